The van der Waals surface area contributed by atoms with Gasteiger partial charge in [-0.1, -0.05) is 17.7 Å². The van der Waals surface area contributed by atoms with Gasteiger partial charge in [0.2, 0.25) is 0 Å². The molecule has 3 nitrogen and oxygen atoms in total. The third kappa shape index (κ3) is 2.27. The summed E-state index contributed by atoms with van der Waals surface area (Å²) in [5, 5.41) is 9.82. The van der Waals surface area contributed by atoms with Gasteiger partial charge in [0, 0.05) is 5.56 Å². The van der Waals surface area contributed by atoms with Crippen molar-refractivity contribution in [3.63, 3.8) is 0 Å². The molecular formula is C10H10ClFO3. The van der Waals surface area contributed by atoms with E-state index in [1.165, 1.54) is 13.0 Å². The maximum Gasteiger partial charge on any atom is 0.342 e. The molecule has 0 radical (unpaired) electrons. The van der Waals surface area contributed by atoms with E-state index in [-0.39, 0.29) is 10.6 Å². The monoisotopic (exact) mass is 232 g/mol. The maximum absolute atomic E-state index is 12.7. The highest BCUT2D eigenvalue weighted by atomic mass is 35.5. The highest BCUT2D eigenvalue weighted by Gasteiger charge is 2.35. The minimum absolute atomic E-state index is 0.0228. The summed E-state index contributed by atoms with van der Waals surface area (Å²) < 4.78 is 17.1. The Morgan fingerprint density at radius 3 is 2.67 bits per heavy atom. The van der Waals surface area contributed by atoms with Crippen molar-refractivity contribution in [2.24, 2.45) is 0 Å². The molecule has 82 valence electrons. The lowest BCUT2D eigenvalue weighted by Crippen LogP contribution is -2.33. The number of halogens is 2. The van der Waals surface area contributed by atoms with Crippen LogP contribution in [0.4, 0.5) is 4.39 Å². The number of hydrogen-bond donors (Lipinski definition) is 1. The van der Waals surface area contributed by atoms with Crippen LogP contribution in [-0.2, 0) is 15.1 Å². The molecule has 1 rings (SSSR count). The quantitative estimate of drug-likeness (QED) is 0.792. The standard InChI is InChI=1S/C10H10ClFO3/c1-10(14,9(13)15-2)7-4-3-6(12)5-8(7)11/h3-5,14H,1-2H3. The predicted molar refractivity (Wildman–Crippen MR) is 53.0 cm³/mol. The zero-order valence-corrected chi connectivity index (χ0v) is 9.01. The highest BCUT2D eigenvalue weighted by molar-refractivity contribution is 6.31. The zero-order valence-electron chi connectivity index (χ0n) is 8.25. The van der Waals surface area contributed by atoms with Gasteiger partial charge in [-0.3, -0.25) is 0 Å². The van der Waals surface area contributed by atoms with Gasteiger partial charge in [-0.15, -0.1) is 0 Å². The summed E-state index contributed by atoms with van der Waals surface area (Å²) in [6.07, 6.45) is 0. The molecule has 15 heavy (non-hydrogen) atoms. The number of carbonyl (C=O) groups excluding carboxylic acids is 1. The Morgan fingerprint density at radius 1 is 1.60 bits per heavy atom. The van der Waals surface area contributed by atoms with Crippen LogP contribution in [0, 0.1) is 5.82 Å². The maximum atomic E-state index is 12.7. The average molecular weight is 233 g/mol. The first kappa shape index (κ1) is 11.9. The van der Waals surface area contributed by atoms with Crippen LogP contribution in [0.15, 0.2) is 18.2 Å². The first-order valence-corrected chi connectivity index (χ1v) is 4.53. The van der Waals surface area contributed by atoms with Crippen molar-refractivity contribution in [1.82, 2.24) is 0 Å². The Labute approximate surface area is 91.4 Å². The van der Waals surface area contributed by atoms with E-state index in [1.54, 1.807) is 0 Å². The van der Waals surface area contributed by atoms with Crippen molar-refractivity contribution in [2.75, 3.05) is 7.11 Å². The number of carbonyl (C=O) groups is 1. The number of hydrogen-bond acceptors (Lipinski definition) is 3. The smallest absolute Gasteiger partial charge is 0.342 e. The molecule has 0 aliphatic carbocycles. The second-order valence-electron chi connectivity index (χ2n) is 3.19. The van der Waals surface area contributed by atoms with E-state index in [2.05, 4.69) is 4.74 Å². The lowest BCUT2D eigenvalue weighted by atomic mass is 9.96. The molecule has 0 amide bonds. The second-order valence-corrected chi connectivity index (χ2v) is 3.60. The van der Waals surface area contributed by atoms with E-state index < -0.39 is 17.4 Å². The Morgan fingerprint density at radius 2 is 2.20 bits per heavy atom. The molecule has 1 N–H and O–H groups in total. The van der Waals surface area contributed by atoms with E-state index in [0.717, 1.165) is 19.2 Å². The first-order valence-electron chi connectivity index (χ1n) is 4.16. The molecule has 0 heterocycles. The van der Waals surface area contributed by atoms with Crippen LogP contribution in [0.1, 0.15) is 12.5 Å². The Balaban J connectivity index is 3.21. The fourth-order valence-corrected chi connectivity index (χ4v) is 1.54. The van der Waals surface area contributed by atoms with E-state index >= 15 is 0 Å². The molecule has 0 fully saturated rings. The van der Waals surface area contributed by atoms with Gasteiger partial charge in [0.1, 0.15) is 5.82 Å². The molecule has 0 saturated heterocycles. The summed E-state index contributed by atoms with van der Waals surface area (Å²) in [5.74, 6) is -1.39. The van der Waals surface area contributed by atoms with Crippen LogP contribution < -0.4 is 0 Å². The van der Waals surface area contributed by atoms with Crippen molar-refractivity contribution < 1.29 is 19.0 Å². The summed E-state index contributed by atoms with van der Waals surface area (Å²) in [6.45, 7) is 1.23. The lowest BCUT2D eigenvalue weighted by Gasteiger charge is -2.21. The van der Waals surface area contributed by atoms with Crippen molar-refractivity contribution in [3.05, 3.63) is 34.6 Å². The van der Waals surface area contributed by atoms with Gasteiger partial charge in [-0.2, -0.15) is 0 Å². The Kier molecular flexibility index (Phi) is 3.31. The van der Waals surface area contributed by atoms with E-state index in [4.69, 9.17) is 11.6 Å². The molecular weight excluding hydrogens is 223 g/mol. The van der Waals surface area contributed by atoms with Crippen molar-refractivity contribution in [3.8, 4) is 0 Å². The minimum Gasteiger partial charge on any atom is -0.467 e. The lowest BCUT2D eigenvalue weighted by molar-refractivity contribution is -0.161. The van der Waals surface area contributed by atoms with Gasteiger partial charge in [0.05, 0.1) is 12.1 Å². The molecule has 0 aliphatic rings. The van der Waals surface area contributed by atoms with Gasteiger partial charge < -0.3 is 9.84 Å². The summed E-state index contributed by atoms with van der Waals surface area (Å²) in [7, 11) is 1.15. The third-order valence-corrected chi connectivity index (χ3v) is 2.35. The summed E-state index contributed by atoms with van der Waals surface area (Å²) >= 11 is 5.71. The predicted octanol–water partition coefficient (Wildman–Crippen LogP) is 1.86. The second kappa shape index (κ2) is 4.16. The van der Waals surface area contributed by atoms with E-state index in [1.807, 2.05) is 0 Å². The average Bonchev–Trinajstić information content (AvgIpc) is 2.15. The Bertz CT molecular complexity index is 390. The molecule has 0 aliphatic heterocycles. The van der Waals surface area contributed by atoms with E-state index in [9.17, 15) is 14.3 Å². The fourth-order valence-electron chi connectivity index (χ4n) is 1.19. The zero-order chi connectivity index (χ0) is 11.6. The SMILES string of the molecule is COC(=O)C(C)(O)c1ccc(F)cc1Cl. The molecule has 1 aromatic carbocycles. The highest BCUT2D eigenvalue weighted by Crippen LogP contribution is 2.29. The van der Waals surface area contributed by atoms with Gasteiger partial charge in [0.25, 0.3) is 0 Å². The fraction of sp³-hybridized carbons (Fsp3) is 0.300. The number of esters is 1. The number of methoxy groups -OCH3 is 1. The molecule has 0 saturated carbocycles. The number of benzene rings is 1. The van der Waals surface area contributed by atoms with Gasteiger partial charge in [0.15, 0.2) is 5.60 Å². The third-order valence-electron chi connectivity index (χ3n) is 2.04. The number of rotatable bonds is 2. The van der Waals surface area contributed by atoms with Crippen LogP contribution in [0.2, 0.25) is 5.02 Å². The summed E-state index contributed by atoms with van der Waals surface area (Å²) in [6, 6.07) is 3.38. The molecule has 0 aromatic heterocycles. The topological polar surface area (TPSA) is 46.5 Å². The Hall–Kier alpha value is -1.13. The molecule has 0 bridgehead atoms. The van der Waals surface area contributed by atoms with Crippen LogP contribution >= 0.6 is 11.6 Å². The van der Waals surface area contributed by atoms with Crippen molar-refractivity contribution >= 4 is 17.6 Å². The normalized spacial score (nSPS) is 14.5. The van der Waals surface area contributed by atoms with Gasteiger partial charge in [-0.25, -0.2) is 9.18 Å². The largest absolute Gasteiger partial charge is 0.467 e. The van der Waals surface area contributed by atoms with Crippen LogP contribution in [-0.4, -0.2) is 18.2 Å². The number of aliphatic hydroxyl groups is 1. The van der Waals surface area contributed by atoms with E-state index in [0.29, 0.717) is 0 Å². The molecule has 1 aromatic rings. The molecule has 0 spiro atoms. The van der Waals surface area contributed by atoms with Crippen LogP contribution in [0.25, 0.3) is 0 Å². The van der Waals surface area contributed by atoms with Gasteiger partial charge in [-0.05, 0) is 19.1 Å². The molecule has 1 unspecified atom stereocenters. The minimum atomic E-state index is -1.88. The molecule has 5 heteroatoms. The summed E-state index contributed by atoms with van der Waals surface area (Å²) in [4.78, 5) is 11.2. The van der Waals surface area contributed by atoms with Crippen LogP contribution in [0.3, 0.4) is 0 Å². The first-order chi connectivity index (χ1) is 6.89. The molecule has 1 atom stereocenters. The number of ether oxygens (including phenoxy) is 1. The van der Waals surface area contributed by atoms with Crippen molar-refractivity contribution in [2.45, 2.75) is 12.5 Å². The van der Waals surface area contributed by atoms with Crippen molar-refractivity contribution in [1.29, 1.82) is 0 Å². The van der Waals surface area contributed by atoms with Gasteiger partial charge >= 0.3 is 5.97 Å². The summed E-state index contributed by atoms with van der Waals surface area (Å²) in [5.41, 5.74) is -1.77. The van der Waals surface area contributed by atoms with Crippen LogP contribution in [0.5, 0.6) is 0 Å².